The molecule has 4 rings (SSSR count). The number of carbonyl (C=O) groups is 2. The van der Waals surface area contributed by atoms with Crippen molar-refractivity contribution in [2.45, 2.75) is 13.0 Å². The molecule has 8 heteroatoms. The second-order valence-corrected chi connectivity index (χ2v) is 8.22. The van der Waals surface area contributed by atoms with Gasteiger partial charge in [-0.2, -0.15) is 0 Å². The molecule has 1 amide bonds. The van der Waals surface area contributed by atoms with E-state index in [1.54, 1.807) is 42.5 Å². The summed E-state index contributed by atoms with van der Waals surface area (Å²) in [7, 11) is 0. The lowest BCUT2D eigenvalue weighted by atomic mass is 10.1. The number of amides is 1. The molecule has 1 N–H and O–H groups in total. The van der Waals surface area contributed by atoms with Crippen LogP contribution in [-0.4, -0.2) is 32.7 Å². The number of rotatable bonds is 5. The maximum Gasteiger partial charge on any atom is 0.331 e. The smallest absolute Gasteiger partial charge is 0.331 e. The standard InChI is InChI=1S/C22H18N2O4S2/c1-2-23-15-10-6-7-11-16(15)28-18(23)13-12-17-20(25)24(22(29)30-17)19(21(26)27)14-8-4-3-5-9-14/h3-13,19H,2H2,1H3,(H,26,27)/b17-12+,18-13+. The van der Waals surface area contributed by atoms with Crippen LogP contribution in [0.3, 0.4) is 0 Å². The lowest BCUT2D eigenvalue weighted by Gasteiger charge is -2.23. The molecule has 0 spiro atoms. The third kappa shape index (κ3) is 3.59. The zero-order valence-corrected chi connectivity index (χ0v) is 17.7. The average molecular weight is 439 g/mol. The highest BCUT2D eigenvalue weighted by Gasteiger charge is 2.41. The fourth-order valence-electron chi connectivity index (χ4n) is 3.40. The van der Waals surface area contributed by atoms with Crippen LogP contribution in [0.1, 0.15) is 18.5 Å². The largest absolute Gasteiger partial charge is 0.479 e. The van der Waals surface area contributed by atoms with Gasteiger partial charge in [-0.3, -0.25) is 9.69 Å². The highest BCUT2D eigenvalue weighted by molar-refractivity contribution is 8.26. The third-order valence-electron chi connectivity index (χ3n) is 4.76. The molecular weight excluding hydrogens is 420 g/mol. The van der Waals surface area contributed by atoms with E-state index in [2.05, 4.69) is 0 Å². The van der Waals surface area contributed by atoms with Crippen LogP contribution in [0, 0.1) is 0 Å². The number of anilines is 1. The zero-order valence-electron chi connectivity index (χ0n) is 16.0. The number of ether oxygens (including phenoxy) is 1. The number of allylic oxidation sites excluding steroid dienone is 2. The van der Waals surface area contributed by atoms with E-state index in [1.165, 1.54) is 0 Å². The first-order valence-corrected chi connectivity index (χ1v) is 10.5. The number of thioether (sulfide) groups is 1. The van der Waals surface area contributed by atoms with Gasteiger partial charge >= 0.3 is 5.97 Å². The molecule has 1 fully saturated rings. The summed E-state index contributed by atoms with van der Waals surface area (Å²) in [6, 6.07) is 15.1. The number of thiocarbonyl (C=S) groups is 1. The number of nitrogens with zero attached hydrogens (tertiary/aromatic N) is 2. The van der Waals surface area contributed by atoms with Crippen LogP contribution >= 0.6 is 24.0 Å². The first-order valence-electron chi connectivity index (χ1n) is 9.30. The van der Waals surface area contributed by atoms with Crippen LogP contribution < -0.4 is 9.64 Å². The van der Waals surface area contributed by atoms with E-state index in [1.807, 2.05) is 36.1 Å². The summed E-state index contributed by atoms with van der Waals surface area (Å²) in [5.74, 6) is -0.219. The molecule has 0 bridgehead atoms. The summed E-state index contributed by atoms with van der Waals surface area (Å²) in [5, 5.41) is 9.76. The van der Waals surface area contributed by atoms with E-state index in [9.17, 15) is 14.7 Å². The Morgan fingerprint density at radius 3 is 2.57 bits per heavy atom. The maximum absolute atomic E-state index is 13.0. The first kappa shape index (κ1) is 20.2. The molecule has 0 aliphatic carbocycles. The Hall–Kier alpha value is -3.10. The molecule has 2 aliphatic heterocycles. The molecule has 0 aromatic heterocycles. The molecule has 30 heavy (non-hydrogen) atoms. The fraction of sp³-hybridized carbons (Fsp3) is 0.136. The number of hydrogen-bond donors (Lipinski definition) is 1. The predicted molar refractivity (Wildman–Crippen MR) is 120 cm³/mol. The van der Waals surface area contributed by atoms with Crippen LogP contribution in [0.4, 0.5) is 5.69 Å². The van der Waals surface area contributed by atoms with Gasteiger partial charge in [-0.05, 0) is 30.7 Å². The zero-order chi connectivity index (χ0) is 21.3. The van der Waals surface area contributed by atoms with Gasteiger partial charge in [0.2, 0.25) is 5.88 Å². The molecule has 1 unspecified atom stereocenters. The third-order valence-corrected chi connectivity index (χ3v) is 6.11. The second-order valence-electron chi connectivity index (χ2n) is 6.54. The topological polar surface area (TPSA) is 70.1 Å². The van der Waals surface area contributed by atoms with Crippen molar-refractivity contribution in [3.05, 3.63) is 83.1 Å². The van der Waals surface area contributed by atoms with Crippen molar-refractivity contribution in [1.82, 2.24) is 4.90 Å². The number of carboxylic acid groups (broad SMARTS) is 1. The SMILES string of the molecule is CCN1/C(=C\C=C2\SC(=S)N(C(C(=O)O)c3ccccc3)C2=O)Oc2ccccc21. The van der Waals surface area contributed by atoms with Gasteiger partial charge in [-0.15, -0.1) is 0 Å². The van der Waals surface area contributed by atoms with E-state index in [4.69, 9.17) is 17.0 Å². The molecule has 2 heterocycles. The Labute approximate surface area is 183 Å². The van der Waals surface area contributed by atoms with E-state index in [-0.39, 0.29) is 4.32 Å². The Morgan fingerprint density at radius 2 is 1.87 bits per heavy atom. The molecule has 2 aromatic rings. The van der Waals surface area contributed by atoms with Crippen molar-refractivity contribution in [3.8, 4) is 5.75 Å². The first-order chi connectivity index (χ1) is 14.5. The van der Waals surface area contributed by atoms with Crippen molar-refractivity contribution < 1.29 is 19.4 Å². The van der Waals surface area contributed by atoms with Crippen LogP contribution in [0.5, 0.6) is 5.75 Å². The van der Waals surface area contributed by atoms with Crippen molar-refractivity contribution in [2.24, 2.45) is 0 Å². The Balaban J connectivity index is 1.62. The van der Waals surface area contributed by atoms with Gasteiger partial charge in [0.25, 0.3) is 5.91 Å². The number of carboxylic acids is 1. The normalized spacial score (nSPS) is 19.4. The second kappa shape index (κ2) is 8.33. The minimum Gasteiger partial charge on any atom is -0.479 e. The highest BCUT2D eigenvalue weighted by atomic mass is 32.2. The minimum absolute atomic E-state index is 0.212. The van der Waals surface area contributed by atoms with Gasteiger partial charge in [0, 0.05) is 12.6 Å². The van der Waals surface area contributed by atoms with E-state index < -0.39 is 17.9 Å². The lowest BCUT2D eigenvalue weighted by molar-refractivity contribution is -0.145. The number of hydrogen-bond acceptors (Lipinski definition) is 6. The molecule has 0 saturated carbocycles. The molecule has 1 atom stereocenters. The van der Waals surface area contributed by atoms with E-state index >= 15 is 0 Å². The predicted octanol–water partition coefficient (Wildman–Crippen LogP) is 4.32. The highest BCUT2D eigenvalue weighted by Crippen LogP contribution is 2.40. The van der Waals surface area contributed by atoms with E-state index in [0.29, 0.717) is 22.9 Å². The van der Waals surface area contributed by atoms with Crippen LogP contribution in [0.25, 0.3) is 0 Å². The Morgan fingerprint density at radius 1 is 1.17 bits per heavy atom. The van der Waals surface area contributed by atoms with Crippen LogP contribution in [-0.2, 0) is 9.59 Å². The minimum atomic E-state index is -1.17. The van der Waals surface area contributed by atoms with Crippen molar-refractivity contribution in [1.29, 1.82) is 0 Å². The number of para-hydroxylation sites is 2. The molecule has 0 radical (unpaired) electrons. The van der Waals surface area contributed by atoms with Crippen LogP contribution in [0.2, 0.25) is 0 Å². The van der Waals surface area contributed by atoms with Gasteiger partial charge in [-0.25, -0.2) is 4.79 Å². The summed E-state index contributed by atoms with van der Waals surface area (Å²) in [6.07, 6.45) is 3.35. The van der Waals surface area contributed by atoms with Gasteiger partial charge in [0.15, 0.2) is 11.8 Å². The maximum atomic E-state index is 13.0. The summed E-state index contributed by atoms with van der Waals surface area (Å²) in [4.78, 5) is 28.5. The number of fused-ring (bicyclic) bond motifs is 1. The van der Waals surface area contributed by atoms with E-state index in [0.717, 1.165) is 28.1 Å². The van der Waals surface area contributed by atoms with Crippen LogP contribution in [0.15, 0.2) is 77.5 Å². The number of aliphatic carboxylic acids is 1. The molecule has 1 saturated heterocycles. The molecule has 152 valence electrons. The van der Waals surface area contributed by atoms with Crippen molar-refractivity contribution in [3.63, 3.8) is 0 Å². The van der Waals surface area contributed by atoms with Gasteiger partial charge in [0.1, 0.15) is 4.32 Å². The van der Waals surface area contributed by atoms with Gasteiger partial charge < -0.3 is 14.7 Å². The van der Waals surface area contributed by atoms with Gasteiger partial charge in [-0.1, -0.05) is 66.4 Å². The average Bonchev–Trinajstić information content (AvgIpc) is 3.24. The fourth-order valence-corrected chi connectivity index (χ4v) is 4.66. The monoisotopic (exact) mass is 438 g/mol. The summed E-state index contributed by atoms with van der Waals surface area (Å²) in [6.45, 7) is 2.71. The quantitative estimate of drug-likeness (QED) is 0.551. The molecular formula is C22H18N2O4S2. The number of carbonyl (C=O) groups excluding carboxylic acids is 1. The van der Waals surface area contributed by atoms with Gasteiger partial charge in [0.05, 0.1) is 10.6 Å². The molecule has 2 aromatic carbocycles. The van der Waals surface area contributed by atoms with Crippen molar-refractivity contribution in [2.75, 3.05) is 11.4 Å². The lowest BCUT2D eigenvalue weighted by Crippen LogP contribution is -2.37. The number of benzene rings is 2. The molecule has 2 aliphatic rings. The Bertz CT molecular complexity index is 1080. The summed E-state index contributed by atoms with van der Waals surface area (Å²) in [5.41, 5.74) is 1.45. The summed E-state index contributed by atoms with van der Waals surface area (Å²) >= 11 is 6.43. The Kier molecular flexibility index (Phi) is 5.61. The molecule has 6 nitrogen and oxygen atoms in total. The van der Waals surface area contributed by atoms with Crippen molar-refractivity contribution >= 4 is 45.9 Å². The summed E-state index contributed by atoms with van der Waals surface area (Å²) < 4.78 is 6.11.